The zero-order chi connectivity index (χ0) is 26.3. The average molecular weight is 531 g/mol. The summed E-state index contributed by atoms with van der Waals surface area (Å²) in [5.41, 5.74) is 10.0. The van der Waals surface area contributed by atoms with E-state index in [0.717, 1.165) is 23.0 Å². The summed E-state index contributed by atoms with van der Waals surface area (Å²) in [6.07, 6.45) is 8.38. The molecule has 0 amide bonds. The minimum absolute atomic E-state index is 0.0637. The molecule has 0 atom stereocenters. The van der Waals surface area contributed by atoms with Gasteiger partial charge in [0, 0.05) is 65.3 Å². The number of nitrogens with zero attached hydrogens (tertiary/aromatic N) is 4. The summed E-state index contributed by atoms with van der Waals surface area (Å²) in [5, 5.41) is 13.7. The fourth-order valence-corrected chi connectivity index (χ4v) is 7.56. The Morgan fingerprint density at radius 1 is 1.14 bits per heavy atom. The molecule has 3 saturated heterocycles. The first-order chi connectivity index (χ1) is 17.9. The largest absolute Gasteiger partial charge is 0.405 e. The Morgan fingerprint density at radius 2 is 1.84 bits per heavy atom. The van der Waals surface area contributed by atoms with Crippen molar-refractivity contribution in [3.63, 3.8) is 0 Å². The second-order valence-electron chi connectivity index (χ2n) is 10.7. The zero-order valence-corrected chi connectivity index (χ0v) is 23.5. The Hall–Kier alpha value is -2.07. The predicted octanol–water partition coefficient (Wildman–Crippen LogP) is 2.50. The molecule has 206 valence electrons. The third-order valence-corrected chi connectivity index (χ3v) is 10.7. The molecule has 3 fully saturated rings. The highest BCUT2D eigenvalue weighted by molar-refractivity contribution is 7.93. The third-order valence-electron chi connectivity index (χ3n) is 8.44. The van der Waals surface area contributed by atoms with Crippen molar-refractivity contribution < 1.29 is 9.32 Å². The molecule has 1 aromatic rings. The van der Waals surface area contributed by atoms with Gasteiger partial charge in [0.25, 0.3) is 0 Å². The van der Waals surface area contributed by atoms with Crippen molar-refractivity contribution in [3.8, 4) is 0 Å². The minimum Gasteiger partial charge on any atom is -0.405 e. The van der Waals surface area contributed by atoms with Crippen LogP contribution in [0.25, 0.3) is 0 Å². The van der Waals surface area contributed by atoms with Crippen LogP contribution in [0.3, 0.4) is 0 Å². The number of benzene rings is 1. The molecular weight excluding hydrogens is 484 g/mol. The van der Waals surface area contributed by atoms with Gasteiger partial charge in [-0.05, 0) is 100 Å². The van der Waals surface area contributed by atoms with Crippen LogP contribution in [0.4, 0.5) is 5.69 Å². The molecule has 1 aromatic carbocycles. The van der Waals surface area contributed by atoms with Gasteiger partial charge < -0.3 is 30.9 Å². The molecule has 8 nitrogen and oxygen atoms in total. The predicted molar refractivity (Wildman–Crippen MR) is 154 cm³/mol. The van der Waals surface area contributed by atoms with Gasteiger partial charge in [0.15, 0.2) is 0 Å². The molecule has 0 aromatic heterocycles. The SMILES string of the molecule is CN=S1(=O)CCN(C(/C=C\N)=C(\CO)CNc2cccc(C3CCN(C4CCN(C)CC4)CC3)c2)CC1. The highest BCUT2D eigenvalue weighted by Crippen LogP contribution is 2.32. The quantitative estimate of drug-likeness (QED) is 0.445. The van der Waals surface area contributed by atoms with Crippen molar-refractivity contribution in [2.75, 3.05) is 83.3 Å². The highest BCUT2D eigenvalue weighted by atomic mass is 32.2. The van der Waals surface area contributed by atoms with E-state index < -0.39 is 9.73 Å². The summed E-state index contributed by atoms with van der Waals surface area (Å²) < 4.78 is 16.7. The number of aliphatic hydroxyl groups excluding tert-OH is 1. The van der Waals surface area contributed by atoms with Crippen LogP contribution in [0.1, 0.15) is 37.2 Å². The standard InChI is InChI=1S/C28H46N6O2S/c1-30-37(36)18-16-34(17-19-37)28(6-11-29)25(22-35)21-31-26-5-3-4-24(20-26)23-7-14-33(15-8-23)27-9-12-32(2)13-10-27/h3-6,11,20,23,27,31,35H,7-10,12-19,21-22,29H2,1-2H3/b11-6-,28-25-. The lowest BCUT2D eigenvalue weighted by Crippen LogP contribution is -2.46. The van der Waals surface area contributed by atoms with Gasteiger partial charge in [-0.25, -0.2) is 8.57 Å². The van der Waals surface area contributed by atoms with Crippen molar-refractivity contribution >= 4 is 15.4 Å². The fourth-order valence-electron chi connectivity index (χ4n) is 5.98. The van der Waals surface area contributed by atoms with E-state index in [-0.39, 0.29) is 6.61 Å². The number of rotatable bonds is 8. The number of nitrogens with two attached hydrogens (primary N) is 1. The van der Waals surface area contributed by atoms with Gasteiger partial charge in [0.2, 0.25) is 0 Å². The minimum atomic E-state index is -2.10. The molecule has 0 bridgehead atoms. The number of nitrogens with one attached hydrogen (secondary N) is 1. The van der Waals surface area contributed by atoms with Crippen LogP contribution in [0.15, 0.2) is 52.2 Å². The van der Waals surface area contributed by atoms with Crippen LogP contribution in [-0.4, -0.2) is 108 Å². The monoisotopic (exact) mass is 530 g/mol. The van der Waals surface area contributed by atoms with E-state index in [0.29, 0.717) is 37.1 Å². The molecule has 9 heteroatoms. The van der Waals surface area contributed by atoms with E-state index in [9.17, 15) is 9.32 Å². The summed E-state index contributed by atoms with van der Waals surface area (Å²) in [7, 11) is 1.77. The topological polar surface area (TPSA) is 97.4 Å². The summed E-state index contributed by atoms with van der Waals surface area (Å²) >= 11 is 0. The number of likely N-dealkylation sites (tertiary alicyclic amines) is 2. The van der Waals surface area contributed by atoms with Gasteiger partial charge in [0.1, 0.15) is 0 Å². The molecule has 0 radical (unpaired) electrons. The van der Waals surface area contributed by atoms with Gasteiger partial charge in [-0.3, -0.25) is 0 Å². The van der Waals surface area contributed by atoms with E-state index in [1.807, 2.05) is 6.08 Å². The molecule has 0 aliphatic carbocycles. The molecule has 3 aliphatic rings. The Balaban J connectivity index is 1.36. The van der Waals surface area contributed by atoms with Crippen LogP contribution in [0.5, 0.6) is 0 Å². The lowest BCUT2D eigenvalue weighted by atomic mass is 9.88. The molecule has 0 saturated carbocycles. The molecule has 0 unspecified atom stereocenters. The maximum absolute atomic E-state index is 12.6. The van der Waals surface area contributed by atoms with Gasteiger partial charge in [0.05, 0.1) is 6.61 Å². The Kier molecular flexibility index (Phi) is 9.92. The maximum atomic E-state index is 12.6. The van der Waals surface area contributed by atoms with Gasteiger partial charge in [-0.2, -0.15) is 0 Å². The molecule has 0 spiro atoms. The molecule has 4 rings (SSSR count). The number of allylic oxidation sites excluding steroid dienone is 1. The van der Waals surface area contributed by atoms with Crippen molar-refractivity contribution in [2.24, 2.45) is 10.1 Å². The summed E-state index contributed by atoms with van der Waals surface area (Å²) in [6.45, 7) is 6.57. The molecule has 3 heterocycles. The van der Waals surface area contributed by atoms with E-state index >= 15 is 0 Å². The van der Waals surface area contributed by atoms with Gasteiger partial charge in [-0.15, -0.1) is 0 Å². The Labute approximate surface area is 223 Å². The third kappa shape index (κ3) is 7.28. The van der Waals surface area contributed by atoms with Crippen molar-refractivity contribution in [2.45, 2.75) is 37.6 Å². The smallest absolute Gasteiger partial charge is 0.0681 e. The number of anilines is 1. The van der Waals surface area contributed by atoms with Crippen molar-refractivity contribution in [1.82, 2.24) is 14.7 Å². The van der Waals surface area contributed by atoms with Crippen molar-refractivity contribution in [1.29, 1.82) is 0 Å². The van der Waals surface area contributed by atoms with Gasteiger partial charge in [-0.1, -0.05) is 12.1 Å². The van der Waals surface area contributed by atoms with E-state index in [2.05, 4.69) is 55.7 Å². The molecule has 37 heavy (non-hydrogen) atoms. The second-order valence-corrected chi connectivity index (χ2v) is 13.4. The molecular formula is C28H46N6O2S. The lowest BCUT2D eigenvalue weighted by molar-refractivity contribution is 0.0966. The zero-order valence-electron chi connectivity index (χ0n) is 22.6. The van der Waals surface area contributed by atoms with Gasteiger partial charge >= 0.3 is 0 Å². The van der Waals surface area contributed by atoms with Crippen LogP contribution < -0.4 is 11.1 Å². The first kappa shape index (κ1) is 28.0. The first-order valence-electron chi connectivity index (χ1n) is 13.8. The normalized spacial score (nSPS) is 23.3. The van der Waals surface area contributed by atoms with Crippen LogP contribution in [0.2, 0.25) is 0 Å². The lowest BCUT2D eigenvalue weighted by Gasteiger charge is -2.41. The second kappa shape index (κ2) is 13.1. The fraction of sp³-hybridized carbons (Fsp3) is 0.643. The maximum Gasteiger partial charge on any atom is 0.0681 e. The summed E-state index contributed by atoms with van der Waals surface area (Å²) in [5.74, 6) is 1.67. The number of hydrogen-bond acceptors (Lipinski definition) is 8. The number of hydrogen-bond donors (Lipinski definition) is 3. The molecule has 3 aliphatic heterocycles. The van der Waals surface area contributed by atoms with E-state index in [1.54, 1.807) is 7.05 Å². The summed E-state index contributed by atoms with van der Waals surface area (Å²) in [4.78, 5) is 7.34. The average Bonchev–Trinajstić information content (AvgIpc) is 2.94. The highest BCUT2D eigenvalue weighted by Gasteiger charge is 2.28. The Morgan fingerprint density at radius 3 is 2.46 bits per heavy atom. The molecule has 4 N–H and O–H groups in total. The summed E-state index contributed by atoms with van der Waals surface area (Å²) in [6, 6.07) is 9.54. The number of piperidine rings is 2. The van der Waals surface area contributed by atoms with E-state index in [4.69, 9.17) is 5.73 Å². The number of aliphatic hydroxyl groups is 1. The van der Waals surface area contributed by atoms with Crippen LogP contribution >= 0.6 is 0 Å². The van der Waals surface area contributed by atoms with Crippen molar-refractivity contribution in [3.05, 3.63) is 53.4 Å². The van der Waals surface area contributed by atoms with Crippen LogP contribution in [0, 0.1) is 0 Å². The Bertz CT molecular complexity index is 1050. The van der Waals surface area contributed by atoms with E-state index in [1.165, 1.54) is 63.6 Å². The van der Waals surface area contributed by atoms with Crippen LogP contribution in [-0.2, 0) is 9.73 Å². The first-order valence-corrected chi connectivity index (χ1v) is 15.6.